The summed E-state index contributed by atoms with van der Waals surface area (Å²) in [5, 5.41) is 3.37. The summed E-state index contributed by atoms with van der Waals surface area (Å²) in [4.78, 5) is 24.0. The van der Waals surface area contributed by atoms with Crippen molar-refractivity contribution in [2.75, 3.05) is 12.1 Å². The molecule has 118 valence electrons. The van der Waals surface area contributed by atoms with Crippen LogP contribution in [-0.2, 0) is 11.2 Å². The maximum Gasteiger partial charge on any atom is 0.231 e. The molecule has 0 aromatic heterocycles. The van der Waals surface area contributed by atoms with Gasteiger partial charge >= 0.3 is 0 Å². The van der Waals surface area contributed by atoms with Crippen molar-refractivity contribution < 1.29 is 19.1 Å². The van der Waals surface area contributed by atoms with Crippen molar-refractivity contribution >= 4 is 29.0 Å². The first-order valence-corrected chi connectivity index (χ1v) is 7.39. The van der Waals surface area contributed by atoms with Crippen molar-refractivity contribution in [3.05, 3.63) is 52.5 Å². The Morgan fingerprint density at radius 2 is 1.78 bits per heavy atom. The third kappa shape index (κ3) is 3.46. The van der Waals surface area contributed by atoms with E-state index in [-0.39, 0.29) is 24.9 Å². The minimum Gasteiger partial charge on any atom is -0.454 e. The molecule has 0 fully saturated rings. The summed E-state index contributed by atoms with van der Waals surface area (Å²) in [5.41, 5.74) is 1.64. The highest BCUT2D eigenvalue weighted by Gasteiger charge is 2.20. The van der Waals surface area contributed by atoms with Gasteiger partial charge in [-0.3, -0.25) is 9.59 Å². The number of rotatable bonds is 4. The number of amides is 1. The van der Waals surface area contributed by atoms with Gasteiger partial charge in [0.15, 0.2) is 17.3 Å². The molecule has 0 spiro atoms. The lowest BCUT2D eigenvalue weighted by Gasteiger charge is -2.10. The second-order valence-corrected chi connectivity index (χ2v) is 5.60. The highest BCUT2D eigenvalue weighted by Crippen LogP contribution is 2.37. The van der Waals surface area contributed by atoms with Crippen LogP contribution in [0.1, 0.15) is 22.8 Å². The lowest BCUT2D eigenvalue weighted by atomic mass is 10.1. The summed E-state index contributed by atoms with van der Waals surface area (Å²) in [5.74, 6) is 0.626. The van der Waals surface area contributed by atoms with Crippen LogP contribution in [0.3, 0.4) is 0 Å². The molecular formula is C17H14ClNO4. The number of ketones is 1. The topological polar surface area (TPSA) is 64.6 Å². The van der Waals surface area contributed by atoms with E-state index < -0.39 is 0 Å². The van der Waals surface area contributed by atoms with Gasteiger partial charge in [0.2, 0.25) is 12.7 Å². The Balaban J connectivity index is 1.80. The minimum absolute atomic E-state index is 0.106. The maximum absolute atomic E-state index is 12.2. The molecule has 0 saturated carbocycles. The van der Waals surface area contributed by atoms with Crippen LogP contribution in [0.5, 0.6) is 11.5 Å². The van der Waals surface area contributed by atoms with Gasteiger partial charge in [-0.2, -0.15) is 0 Å². The summed E-state index contributed by atoms with van der Waals surface area (Å²) >= 11 is 5.82. The van der Waals surface area contributed by atoms with E-state index in [9.17, 15) is 9.59 Å². The van der Waals surface area contributed by atoms with E-state index in [0.717, 1.165) is 5.56 Å². The van der Waals surface area contributed by atoms with Crippen LogP contribution in [0.15, 0.2) is 36.4 Å². The molecule has 0 radical (unpaired) electrons. The van der Waals surface area contributed by atoms with Gasteiger partial charge in [-0.25, -0.2) is 0 Å². The fraction of sp³-hybridized carbons (Fsp3) is 0.176. The van der Waals surface area contributed by atoms with Gasteiger partial charge in [0.25, 0.3) is 0 Å². The molecule has 0 aliphatic carbocycles. The zero-order valence-corrected chi connectivity index (χ0v) is 13.1. The van der Waals surface area contributed by atoms with Crippen molar-refractivity contribution in [2.45, 2.75) is 13.3 Å². The fourth-order valence-electron chi connectivity index (χ4n) is 2.32. The molecule has 1 heterocycles. The molecular weight excluding hydrogens is 318 g/mol. The molecule has 1 N–H and O–H groups in total. The zero-order valence-electron chi connectivity index (χ0n) is 12.4. The number of fused-ring (bicyclic) bond motifs is 1. The van der Waals surface area contributed by atoms with Gasteiger partial charge in [-0.05, 0) is 30.7 Å². The maximum atomic E-state index is 12.2. The molecule has 6 heteroatoms. The average molecular weight is 332 g/mol. The highest BCUT2D eigenvalue weighted by molar-refractivity contribution is 6.30. The van der Waals surface area contributed by atoms with E-state index in [0.29, 0.717) is 27.8 Å². The molecule has 1 aliphatic rings. The lowest BCUT2D eigenvalue weighted by molar-refractivity contribution is -0.115. The second-order valence-electron chi connectivity index (χ2n) is 5.16. The number of carbonyl (C=O) groups excluding carboxylic acids is 2. The fourth-order valence-corrected chi connectivity index (χ4v) is 2.44. The van der Waals surface area contributed by atoms with Gasteiger partial charge in [0.1, 0.15) is 0 Å². The summed E-state index contributed by atoms with van der Waals surface area (Å²) < 4.78 is 10.5. The van der Waals surface area contributed by atoms with E-state index in [2.05, 4.69) is 5.32 Å². The predicted molar refractivity (Wildman–Crippen MR) is 86.4 cm³/mol. The quantitative estimate of drug-likeness (QED) is 0.871. The standard InChI is InChI=1S/C17H14ClNO4/c1-10(20)13-7-15-16(23-9-22-15)8-14(13)19-17(21)6-11-2-4-12(18)5-3-11/h2-5,7-8H,6,9H2,1H3,(H,19,21). The van der Waals surface area contributed by atoms with Gasteiger partial charge in [0.05, 0.1) is 12.1 Å². The second kappa shape index (κ2) is 6.30. The first-order valence-electron chi connectivity index (χ1n) is 7.02. The number of nitrogens with one attached hydrogen (secondary N) is 1. The first kappa shape index (κ1) is 15.4. The summed E-state index contributed by atoms with van der Waals surface area (Å²) in [7, 11) is 0. The van der Waals surface area contributed by atoms with Crippen LogP contribution >= 0.6 is 11.6 Å². The van der Waals surface area contributed by atoms with E-state index in [1.54, 1.807) is 36.4 Å². The van der Waals surface area contributed by atoms with E-state index in [1.165, 1.54) is 6.92 Å². The third-order valence-electron chi connectivity index (χ3n) is 3.44. The van der Waals surface area contributed by atoms with Gasteiger partial charge in [0, 0.05) is 16.7 Å². The minimum atomic E-state index is -0.228. The highest BCUT2D eigenvalue weighted by atomic mass is 35.5. The number of Topliss-reactive ketones (excluding diaryl/α,β-unsaturated/α-hetero) is 1. The largest absolute Gasteiger partial charge is 0.454 e. The van der Waals surface area contributed by atoms with Crippen LogP contribution in [0, 0.1) is 0 Å². The van der Waals surface area contributed by atoms with Gasteiger partial charge in [-0.1, -0.05) is 23.7 Å². The molecule has 2 aromatic carbocycles. The smallest absolute Gasteiger partial charge is 0.231 e. The molecule has 3 rings (SSSR count). The van der Waals surface area contributed by atoms with Crippen molar-refractivity contribution in [1.29, 1.82) is 0 Å². The number of hydrogen-bond acceptors (Lipinski definition) is 4. The van der Waals surface area contributed by atoms with Crippen LogP contribution in [0.2, 0.25) is 5.02 Å². The van der Waals surface area contributed by atoms with Crippen molar-refractivity contribution in [1.82, 2.24) is 0 Å². The lowest BCUT2D eigenvalue weighted by Crippen LogP contribution is -2.16. The Bertz CT molecular complexity index is 771. The van der Waals surface area contributed by atoms with Crippen LogP contribution in [-0.4, -0.2) is 18.5 Å². The summed E-state index contributed by atoms with van der Waals surface area (Å²) in [6, 6.07) is 10.2. The molecule has 23 heavy (non-hydrogen) atoms. The number of hydrogen-bond donors (Lipinski definition) is 1. The molecule has 0 unspecified atom stereocenters. The summed E-state index contributed by atoms with van der Waals surface area (Å²) in [6.07, 6.45) is 0.183. The number of halogens is 1. The van der Waals surface area contributed by atoms with Crippen molar-refractivity contribution in [3.63, 3.8) is 0 Å². The van der Waals surface area contributed by atoms with Crippen LogP contribution in [0.25, 0.3) is 0 Å². The van der Waals surface area contributed by atoms with E-state index in [1.807, 2.05) is 0 Å². The predicted octanol–water partition coefficient (Wildman–Crippen LogP) is 3.45. The molecule has 1 aliphatic heterocycles. The third-order valence-corrected chi connectivity index (χ3v) is 3.70. The SMILES string of the molecule is CC(=O)c1cc2c(cc1NC(=O)Cc1ccc(Cl)cc1)OCO2. The Morgan fingerprint density at radius 1 is 1.13 bits per heavy atom. The van der Waals surface area contributed by atoms with Crippen LogP contribution in [0.4, 0.5) is 5.69 Å². The van der Waals surface area contributed by atoms with Crippen molar-refractivity contribution in [2.24, 2.45) is 0 Å². The van der Waals surface area contributed by atoms with Crippen molar-refractivity contribution in [3.8, 4) is 11.5 Å². The van der Waals surface area contributed by atoms with Gasteiger partial charge < -0.3 is 14.8 Å². The Hall–Kier alpha value is -2.53. The molecule has 5 nitrogen and oxygen atoms in total. The number of ether oxygens (including phenoxy) is 2. The monoisotopic (exact) mass is 331 g/mol. The Morgan fingerprint density at radius 3 is 2.43 bits per heavy atom. The number of carbonyl (C=O) groups is 2. The molecule has 1 amide bonds. The molecule has 0 bridgehead atoms. The molecule has 2 aromatic rings. The van der Waals surface area contributed by atoms with E-state index >= 15 is 0 Å². The van der Waals surface area contributed by atoms with Gasteiger partial charge in [-0.15, -0.1) is 0 Å². The zero-order chi connectivity index (χ0) is 16.4. The molecule has 0 atom stereocenters. The molecule has 0 saturated heterocycles. The Labute approximate surface area is 138 Å². The normalized spacial score (nSPS) is 12.1. The average Bonchev–Trinajstić information content (AvgIpc) is 2.96. The van der Waals surface area contributed by atoms with Crippen LogP contribution < -0.4 is 14.8 Å². The first-order chi connectivity index (χ1) is 11.0. The Kier molecular flexibility index (Phi) is 4.21. The number of anilines is 1. The van der Waals surface area contributed by atoms with E-state index in [4.69, 9.17) is 21.1 Å². The summed E-state index contributed by atoms with van der Waals surface area (Å²) in [6.45, 7) is 1.54. The number of benzene rings is 2.